The number of anilines is 1. The van der Waals surface area contributed by atoms with Crippen LogP contribution in [-0.4, -0.2) is 56.1 Å². The molecule has 0 unspecified atom stereocenters. The number of amides is 1. The number of aromatic nitrogens is 4. The number of piperazine rings is 1. The Morgan fingerprint density at radius 3 is 2.62 bits per heavy atom. The van der Waals surface area contributed by atoms with E-state index in [-0.39, 0.29) is 12.0 Å². The van der Waals surface area contributed by atoms with E-state index in [2.05, 4.69) is 68.6 Å². The fourth-order valence-electron chi connectivity index (χ4n) is 5.62. The fraction of sp³-hybridized carbons (Fsp3) is 0.407. The highest BCUT2D eigenvalue weighted by atomic mass is 16.2. The Balaban J connectivity index is 1.42. The second-order valence-corrected chi connectivity index (χ2v) is 9.79. The molecule has 0 radical (unpaired) electrons. The molecule has 34 heavy (non-hydrogen) atoms. The number of nitrogens with zero attached hydrogens (tertiary/aromatic N) is 6. The number of para-hydroxylation sites is 1. The first-order valence-corrected chi connectivity index (χ1v) is 12.4. The van der Waals surface area contributed by atoms with Gasteiger partial charge in [0, 0.05) is 42.5 Å². The van der Waals surface area contributed by atoms with Crippen LogP contribution in [0.5, 0.6) is 0 Å². The van der Waals surface area contributed by atoms with Crippen molar-refractivity contribution < 1.29 is 4.79 Å². The molecule has 6 rings (SSSR count). The molecular weight excluding hydrogens is 424 g/mol. The van der Waals surface area contributed by atoms with Crippen LogP contribution in [0.1, 0.15) is 38.2 Å². The minimum atomic E-state index is 0.129. The lowest BCUT2D eigenvalue weighted by molar-refractivity contribution is -0.137. The first-order chi connectivity index (χ1) is 16.6. The molecular formula is C27H30N6O. The number of hydrogen-bond donors (Lipinski definition) is 0. The van der Waals surface area contributed by atoms with Gasteiger partial charge in [0.1, 0.15) is 0 Å². The molecule has 7 heteroatoms. The Morgan fingerprint density at radius 1 is 1.00 bits per heavy atom. The number of carbonyl (C=O) groups excluding carboxylic acids is 1. The SMILES string of the molecule is Cc1cccc(-c2nnc3c4ccccc4nc(N4CCN(C(=O)C5CCCC5)[C@@H](C)C4)n23)c1. The van der Waals surface area contributed by atoms with Gasteiger partial charge in [0.25, 0.3) is 0 Å². The molecule has 4 aromatic rings. The molecule has 1 saturated heterocycles. The quantitative estimate of drug-likeness (QED) is 0.457. The van der Waals surface area contributed by atoms with E-state index in [1.807, 2.05) is 18.2 Å². The molecule has 2 aromatic carbocycles. The number of aryl methyl sites for hydroxylation is 1. The summed E-state index contributed by atoms with van der Waals surface area (Å²) in [6.07, 6.45) is 4.44. The van der Waals surface area contributed by atoms with Gasteiger partial charge in [-0.1, -0.05) is 48.7 Å². The van der Waals surface area contributed by atoms with Gasteiger partial charge in [0.05, 0.1) is 5.52 Å². The molecule has 0 bridgehead atoms. The van der Waals surface area contributed by atoms with Gasteiger partial charge in [0.2, 0.25) is 11.9 Å². The molecule has 0 spiro atoms. The van der Waals surface area contributed by atoms with Gasteiger partial charge in [-0.05, 0) is 44.9 Å². The van der Waals surface area contributed by atoms with Crippen molar-refractivity contribution in [3.63, 3.8) is 0 Å². The van der Waals surface area contributed by atoms with Crippen LogP contribution in [-0.2, 0) is 4.79 Å². The second-order valence-electron chi connectivity index (χ2n) is 9.79. The Morgan fingerprint density at radius 2 is 1.82 bits per heavy atom. The van der Waals surface area contributed by atoms with Gasteiger partial charge >= 0.3 is 0 Å². The average Bonchev–Trinajstić information content (AvgIpc) is 3.54. The van der Waals surface area contributed by atoms with E-state index in [1.165, 1.54) is 18.4 Å². The number of hydrogen-bond acceptors (Lipinski definition) is 5. The van der Waals surface area contributed by atoms with Gasteiger partial charge in [0.15, 0.2) is 11.5 Å². The maximum Gasteiger partial charge on any atom is 0.226 e. The largest absolute Gasteiger partial charge is 0.338 e. The molecule has 2 fully saturated rings. The van der Waals surface area contributed by atoms with Crippen LogP contribution in [0.25, 0.3) is 27.9 Å². The molecule has 174 valence electrons. The van der Waals surface area contributed by atoms with E-state index < -0.39 is 0 Å². The molecule has 1 amide bonds. The van der Waals surface area contributed by atoms with Crippen molar-refractivity contribution >= 4 is 28.4 Å². The third kappa shape index (κ3) is 3.50. The van der Waals surface area contributed by atoms with E-state index in [4.69, 9.17) is 4.98 Å². The van der Waals surface area contributed by atoms with Crippen molar-refractivity contribution in [3.8, 4) is 11.4 Å². The van der Waals surface area contributed by atoms with Crippen molar-refractivity contribution in [1.82, 2.24) is 24.5 Å². The zero-order valence-electron chi connectivity index (χ0n) is 19.8. The monoisotopic (exact) mass is 454 g/mol. The summed E-state index contributed by atoms with van der Waals surface area (Å²) in [6, 6.07) is 16.6. The van der Waals surface area contributed by atoms with Crippen molar-refractivity contribution in [2.75, 3.05) is 24.5 Å². The summed E-state index contributed by atoms with van der Waals surface area (Å²) in [7, 11) is 0. The molecule has 0 N–H and O–H groups in total. The minimum absolute atomic E-state index is 0.129. The van der Waals surface area contributed by atoms with Crippen LogP contribution in [0.2, 0.25) is 0 Å². The number of rotatable bonds is 3. The van der Waals surface area contributed by atoms with Crippen LogP contribution < -0.4 is 4.90 Å². The maximum absolute atomic E-state index is 13.1. The predicted molar refractivity (Wildman–Crippen MR) is 134 cm³/mol. The van der Waals surface area contributed by atoms with Crippen LogP contribution in [0.4, 0.5) is 5.95 Å². The predicted octanol–water partition coefficient (Wildman–Crippen LogP) is 4.48. The Kier molecular flexibility index (Phi) is 5.20. The van der Waals surface area contributed by atoms with Gasteiger partial charge in [-0.25, -0.2) is 9.38 Å². The molecule has 2 aromatic heterocycles. The Labute approximate surface area is 199 Å². The standard InChI is InChI=1S/C27H30N6O/c1-18-8-7-11-21(16-18)24-29-30-25-22-12-5-6-13-23(22)28-27(33(24)25)31-14-15-32(19(2)17-31)26(34)20-9-3-4-10-20/h5-8,11-13,16,19-20H,3-4,9-10,14-15,17H2,1-2H3/t19-/m0/s1. The lowest BCUT2D eigenvalue weighted by Gasteiger charge is -2.41. The molecule has 3 heterocycles. The molecule has 1 aliphatic carbocycles. The van der Waals surface area contributed by atoms with Crippen LogP contribution >= 0.6 is 0 Å². The molecule has 1 aliphatic heterocycles. The van der Waals surface area contributed by atoms with Gasteiger partial charge in [-0.15, -0.1) is 10.2 Å². The lowest BCUT2D eigenvalue weighted by Crippen LogP contribution is -2.55. The normalized spacial score (nSPS) is 19.4. The van der Waals surface area contributed by atoms with E-state index >= 15 is 0 Å². The number of benzene rings is 2. The smallest absolute Gasteiger partial charge is 0.226 e. The topological polar surface area (TPSA) is 66.6 Å². The summed E-state index contributed by atoms with van der Waals surface area (Å²) in [5.74, 6) is 2.19. The maximum atomic E-state index is 13.1. The summed E-state index contributed by atoms with van der Waals surface area (Å²) < 4.78 is 2.10. The first-order valence-electron chi connectivity index (χ1n) is 12.4. The minimum Gasteiger partial charge on any atom is -0.338 e. The average molecular weight is 455 g/mol. The fourth-order valence-corrected chi connectivity index (χ4v) is 5.62. The van der Waals surface area contributed by atoms with Gasteiger partial charge in [-0.2, -0.15) is 0 Å². The molecule has 1 atom stereocenters. The number of fused-ring (bicyclic) bond motifs is 3. The van der Waals surface area contributed by atoms with E-state index in [9.17, 15) is 4.79 Å². The van der Waals surface area contributed by atoms with Crippen molar-refractivity contribution in [3.05, 3.63) is 54.1 Å². The number of carbonyl (C=O) groups is 1. The Bertz CT molecular complexity index is 1370. The van der Waals surface area contributed by atoms with Crippen LogP contribution in [0.3, 0.4) is 0 Å². The zero-order chi connectivity index (χ0) is 23.2. The highest BCUT2D eigenvalue weighted by molar-refractivity contribution is 5.93. The molecule has 2 aliphatic rings. The summed E-state index contributed by atoms with van der Waals surface area (Å²) in [6.45, 7) is 6.45. The summed E-state index contributed by atoms with van der Waals surface area (Å²) in [4.78, 5) is 22.6. The third-order valence-corrected chi connectivity index (χ3v) is 7.40. The van der Waals surface area contributed by atoms with Crippen molar-refractivity contribution in [1.29, 1.82) is 0 Å². The van der Waals surface area contributed by atoms with Crippen molar-refractivity contribution in [2.24, 2.45) is 5.92 Å². The van der Waals surface area contributed by atoms with Gasteiger partial charge < -0.3 is 9.80 Å². The van der Waals surface area contributed by atoms with Crippen molar-refractivity contribution in [2.45, 2.75) is 45.6 Å². The zero-order valence-corrected chi connectivity index (χ0v) is 19.8. The first kappa shape index (κ1) is 21.1. The molecule has 1 saturated carbocycles. The Hall–Kier alpha value is -3.48. The van der Waals surface area contributed by atoms with E-state index in [0.29, 0.717) is 12.5 Å². The molecule has 7 nitrogen and oxygen atoms in total. The lowest BCUT2D eigenvalue weighted by atomic mass is 10.0. The van der Waals surface area contributed by atoms with E-state index in [0.717, 1.165) is 59.8 Å². The third-order valence-electron chi connectivity index (χ3n) is 7.40. The second kappa shape index (κ2) is 8.38. The summed E-state index contributed by atoms with van der Waals surface area (Å²) in [5.41, 5.74) is 3.92. The highest BCUT2D eigenvalue weighted by Gasteiger charge is 2.34. The summed E-state index contributed by atoms with van der Waals surface area (Å²) in [5, 5.41) is 10.2. The summed E-state index contributed by atoms with van der Waals surface area (Å²) >= 11 is 0. The van der Waals surface area contributed by atoms with Crippen LogP contribution in [0, 0.1) is 12.8 Å². The van der Waals surface area contributed by atoms with E-state index in [1.54, 1.807) is 0 Å². The highest BCUT2D eigenvalue weighted by Crippen LogP contribution is 2.31. The van der Waals surface area contributed by atoms with Crippen LogP contribution in [0.15, 0.2) is 48.5 Å². The van der Waals surface area contributed by atoms with Gasteiger partial charge in [-0.3, -0.25) is 4.79 Å².